The highest BCUT2D eigenvalue weighted by Crippen LogP contribution is 2.27. The molecular weight excluding hydrogens is 400 g/mol. The van der Waals surface area contributed by atoms with Gasteiger partial charge < -0.3 is 20.1 Å². The molecule has 0 radical (unpaired) electrons. The molecule has 0 saturated heterocycles. The predicted molar refractivity (Wildman–Crippen MR) is 117 cm³/mol. The molecule has 0 spiro atoms. The van der Waals surface area contributed by atoms with Crippen LogP contribution in [0.25, 0.3) is 0 Å². The molecule has 0 fully saturated rings. The Labute approximate surface area is 180 Å². The van der Waals surface area contributed by atoms with E-state index in [0.717, 1.165) is 16.8 Å². The molecule has 164 valence electrons. The third kappa shape index (κ3) is 6.84. The number of carbonyl (C=O) groups excluding carboxylic acids is 3. The molecule has 0 unspecified atom stereocenters. The number of hydrogen-bond donors (Lipinski definition) is 3. The van der Waals surface area contributed by atoms with E-state index in [4.69, 9.17) is 9.47 Å². The standard InChI is InChI=1S/C22H26N4O5/c1-5-23-21(28)22(29)26-24-12-16-9-10-18(19(11-16)30-4)31-13-20(27)25-17-8-6-7-14(2)15(17)3/h6-12H,5,13H2,1-4H3,(H,23,28)(H,25,27)(H,26,29)/b24-12-. The van der Waals surface area contributed by atoms with E-state index >= 15 is 0 Å². The Bertz CT molecular complexity index is 988. The van der Waals surface area contributed by atoms with Crippen molar-refractivity contribution in [2.75, 3.05) is 25.6 Å². The molecule has 0 saturated carbocycles. The Hall–Kier alpha value is -3.88. The van der Waals surface area contributed by atoms with Gasteiger partial charge in [0, 0.05) is 12.2 Å². The van der Waals surface area contributed by atoms with E-state index in [-0.39, 0.29) is 12.5 Å². The average molecular weight is 426 g/mol. The SMILES string of the molecule is CCNC(=O)C(=O)N/N=C\c1ccc(OCC(=O)Nc2cccc(C)c2C)c(OC)c1. The van der Waals surface area contributed by atoms with Crippen LogP contribution in [0.1, 0.15) is 23.6 Å². The number of anilines is 1. The van der Waals surface area contributed by atoms with Crippen molar-refractivity contribution in [2.24, 2.45) is 5.10 Å². The second kappa shape index (κ2) is 11.3. The van der Waals surface area contributed by atoms with Crippen LogP contribution in [0.5, 0.6) is 11.5 Å². The van der Waals surface area contributed by atoms with Crippen LogP contribution in [-0.2, 0) is 14.4 Å². The summed E-state index contributed by atoms with van der Waals surface area (Å²) in [5, 5.41) is 8.94. The van der Waals surface area contributed by atoms with Crippen LogP contribution in [0.2, 0.25) is 0 Å². The Balaban J connectivity index is 1.96. The molecule has 9 heteroatoms. The number of methoxy groups -OCH3 is 1. The van der Waals surface area contributed by atoms with Crippen molar-refractivity contribution in [1.29, 1.82) is 0 Å². The van der Waals surface area contributed by atoms with Gasteiger partial charge in [0.1, 0.15) is 0 Å². The number of ether oxygens (including phenoxy) is 2. The molecule has 9 nitrogen and oxygen atoms in total. The van der Waals surface area contributed by atoms with Gasteiger partial charge in [0.05, 0.1) is 13.3 Å². The summed E-state index contributed by atoms with van der Waals surface area (Å²) in [4.78, 5) is 35.1. The molecule has 2 aromatic rings. The number of likely N-dealkylation sites (N-methyl/N-ethyl adjacent to an activating group) is 1. The fourth-order valence-corrected chi connectivity index (χ4v) is 2.56. The molecule has 0 aliphatic heterocycles. The number of hydrogen-bond acceptors (Lipinski definition) is 6. The first-order chi connectivity index (χ1) is 14.8. The zero-order valence-corrected chi connectivity index (χ0v) is 17.9. The zero-order chi connectivity index (χ0) is 22.8. The van der Waals surface area contributed by atoms with Gasteiger partial charge in [0.25, 0.3) is 5.91 Å². The summed E-state index contributed by atoms with van der Waals surface area (Å²) < 4.78 is 10.9. The van der Waals surface area contributed by atoms with Crippen LogP contribution in [0.4, 0.5) is 5.69 Å². The first kappa shape index (κ1) is 23.4. The topological polar surface area (TPSA) is 118 Å². The van der Waals surface area contributed by atoms with Crippen molar-refractivity contribution in [2.45, 2.75) is 20.8 Å². The highest BCUT2D eigenvalue weighted by Gasteiger charge is 2.12. The van der Waals surface area contributed by atoms with E-state index in [9.17, 15) is 14.4 Å². The quantitative estimate of drug-likeness (QED) is 0.339. The van der Waals surface area contributed by atoms with Crippen molar-refractivity contribution >= 4 is 29.6 Å². The monoisotopic (exact) mass is 426 g/mol. The van der Waals surface area contributed by atoms with Crippen molar-refractivity contribution in [3.05, 3.63) is 53.1 Å². The van der Waals surface area contributed by atoms with Gasteiger partial charge in [-0.1, -0.05) is 12.1 Å². The van der Waals surface area contributed by atoms with Gasteiger partial charge in [0.2, 0.25) is 0 Å². The minimum absolute atomic E-state index is 0.195. The average Bonchev–Trinajstić information content (AvgIpc) is 2.75. The summed E-state index contributed by atoms with van der Waals surface area (Å²) in [5.41, 5.74) is 5.55. The molecule has 0 atom stereocenters. The zero-order valence-electron chi connectivity index (χ0n) is 17.9. The fourth-order valence-electron chi connectivity index (χ4n) is 2.56. The summed E-state index contributed by atoms with van der Waals surface area (Å²) in [7, 11) is 1.47. The lowest BCUT2D eigenvalue weighted by molar-refractivity contribution is -0.139. The van der Waals surface area contributed by atoms with E-state index in [1.54, 1.807) is 25.1 Å². The molecule has 0 aliphatic rings. The maximum atomic E-state index is 12.3. The largest absolute Gasteiger partial charge is 0.493 e. The summed E-state index contributed by atoms with van der Waals surface area (Å²) in [6.45, 7) is 5.77. The second-order valence-corrected chi connectivity index (χ2v) is 6.55. The predicted octanol–water partition coefficient (Wildman–Crippen LogP) is 1.92. The molecule has 3 amide bonds. The molecule has 0 bridgehead atoms. The van der Waals surface area contributed by atoms with Gasteiger partial charge >= 0.3 is 11.8 Å². The van der Waals surface area contributed by atoms with Gasteiger partial charge in [-0.2, -0.15) is 5.10 Å². The third-order valence-electron chi connectivity index (χ3n) is 4.35. The van der Waals surface area contributed by atoms with E-state index in [1.165, 1.54) is 13.3 Å². The van der Waals surface area contributed by atoms with Gasteiger partial charge in [-0.25, -0.2) is 5.43 Å². The normalized spacial score (nSPS) is 10.5. The van der Waals surface area contributed by atoms with Crippen LogP contribution in [0.3, 0.4) is 0 Å². The van der Waals surface area contributed by atoms with Crippen LogP contribution < -0.4 is 25.5 Å². The van der Waals surface area contributed by atoms with E-state index in [0.29, 0.717) is 23.6 Å². The highest BCUT2D eigenvalue weighted by molar-refractivity contribution is 6.35. The smallest absolute Gasteiger partial charge is 0.329 e. The molecule has 0 heterocycles. The Kier molecular flexibility index (Phi) is 8.56. The Morgan fingerprint density at radius 1 is 1.06 bits per heavy atom. The first-order valence-corrected chi connectivity index (χ1v) is 9.63. The number of benzene rings is 2. The summed E-state index contributed by atoms with van der Waals surface area (Å²) in [6, 6.07) is 10.6. The first-order valence-electron chi connectivity index (χ1n) is 9.63. The van der Waals surface area contributed by atoms with Crippen molar-refractivity contribution in [1.82, 2.24) is 10.7 Å². The highest BCUT2D eigenvalue weighted by atomic mass is 16.5. The lowest BCUT2D eigenvalue weighted by Crippen LogP contribution is -2.37. The molecule has 31 heavy (non-hydrogen) atoms. The molecular formula is C22H26N4O5. The van der Waals surface area contributed by atoms with Gasteiger partial charge in [-0.3, -0.25) is 14.4 Å². The lowest BCUT2D eigenvalue weighted by Gasteiger charge is -2.13. The van der Waals surface area contributed by atoms with Crippen LogP contribution in [-0.4, -0.2) is 44.2 Å². The number of hydrazone groups is 1. The van der Waals surface area contributed by atoms with Crippen molar-refractivity contribution < 1.29 is 23.9 Å². The number of rotatable bonds is 8. The van der Waals surface area contributed by atoms with Crippen molar-refractivity contribution in [3.8, 4) is 11.5 Å². The summed E-state index contributed by atoms with van der Waals surface area (Å²) in [5.74, 6) is -1.16. The third-order valence-corrected chi connectivity index (χ3v) is 4.35. The second-order valence-electron chi connectivity index (χ2n) is 6.55. The molecule has 3 N–H and O–H groups in total. The number of nitrogens with zero attached hydrogens (tertiary/aromatic N) is 1. The minimum atomic E-state index is -0.861. The molecule has 2 rings (SSSR count). The van der Waals surface area contributed by atoms with Crippen LogP contribution >= 0.6 is 0 Å². The Morgan fingerprint density at radius 2 is 1.84 bits per heavy atom. The molecule has 0 aliphatic carbocycles. The van der Waals surface area contributed by atoms with E-state index in [2.05, 4.69) is 21.2 Å². The summed E-state index contributed by atoms with van der Waals surface area (Å²) in [6.07, 6.45) is 1.36. The lowest BCUT2D eigenvalue weighted by atomic mass is 10.1. The molecule has 0 aromatic heterocycles. The van der Waals surface area contributed by atoms with Gasteiger partial charge in [0.15, 0.2) is 18.1 Å². The number of carbonyl (C=O) groups is 3. The Morgan fingerprint density at radius 3 is 2.55 bits per heavy atom. The maximum Gasteiger partial charge on any atom is 0.329 e. The van der Waals surface area contributed by atoms with Gasteiger partial charge in [-0.05, 0) is 61.7 Å². The van der Waals surface area contributed by atoms with Gasteiger partial charge in [-0.15, -0.1) is 0 Å². The number of amides is 3. The van der Waals surface area contributed by atoms with Crippen LogP contribution in [0.15, 0.2) is 41.5 Å². The fraction of sp³-hybridized carbons (Fsp3) is 0.273. The molecule has 2 aromatic carbocycles. The number of aryl methyl sites for hydroxylation is 1. The minimum Gasteiger partial charge on any atom is -0.493 e. The number of nitrogens with one attached hydrogen (secondary N) is 3. The van der Waals surface area contributed by atoms with Crippen LogP contribution in [0, 0.1) is 13.8 Å². The van der Waals surface area contributed by atoms with E-state index < -0.39 is 11.8 Å². The summed E-state index contributed by atoms with van der Waals surface area (Å²) >= 11 is 0. The maximum absolute atomic E-state index is 12.3. The van der Waals surface area contributed by atoms with E-state index in [1.807, 2.05) is 32.0 Å². The van der Waals surface area contributed by atoms with Crippen molar-refractivity contribution in [3.63, 3.8) is 0 Å².